The summed E-state index contributed by atoms with van der Waals surface area (Å²) >= 11 is 6.04. The topological polar surface area (TPSA) is 83.2 Å². The van der Waals surface area contributed by atoms with Gasteiger partial charge in [0.25, 0.3) is 0 Å². The average molecular weight is 462 g/mol. The molecule has 0 saturated heterocycles. The van der Waals surface area contributed by atoms with Crippen LogP contribution in [-0.2, 0) is 29.1 Å². The largest absolute Gasteiger partial charge is 0.445 e. The van der Waals surface area contributed by atoms with Gasteiger partial charge in [-0.3, -0.25) is 4.79 Å². The summed E-state index contributed by atoms with van der Waals surface area (Å²) in [6.45, 7) is 0.418. The Balaban J connectivity index is 1.45. The lowest BCUT2D eigenvalue weighted by atomic mass is 10.0. The van der Waals surface area contributed by atoms with E-state index < -0.39 is 12.1 Å². The number of benzene rings is 3. The van der Waals surface area contributed by atoms with E-state index in [1.807, 2.05) is 72.9 Å². The number of carbonyl (C=O) groups is 2. The van der Waals surface area contributed by atoms with Gasteiger partial charge < -0.3 is 20.4 Å². The first-order chi connectivity index (χ1) is 16.1. The molecule has 0 radical (unpaired) electrons. The lowest BCUT2D eigenvalue weighted by Crippen LogP contribution is -2.48. The molecule has 0 aliphatic carbocycles. The Bertz CT molecular complexity index is 1240. The molecule has 1 atom stereocenters. The number of rotatable bonds is 8. The number of aromatic amines is 1. The first kappa shape index (κ1) is 22.4. The molecular weight excluding hydrogens is 438 g/mol. The van der Waals surface area contributed by atoms with Gasteiger partial charge in [-0.2, -0.15) is 0 Å². The number of aromatic nitrogens is 1. The summed E-state index contributed by atoms with van der Waals surface area (Å²) in [7, 11) is 0. The molecule has 3 N–H and O–H groups in total. The molecule has 6 nitrogen and oxygen atoms in total. The maximum Gasteiger partial charge on any atom is 0.408 e. The quantitative estimate of drug-likeness (QED) is 0.346. The minimum atomic E-state index is -0.813. The lowest BCUT2D eigenvalue weighted by Gasteiger charge is -2.18. The van der Waals surface area contributed by atoms with Crippen molar-refractivity contribution in [2.45, 2.75) is 25.6 Å². The summed E-state index contributed by atoms with van der Waals surface area (Å²) < 4.78 is 5.34. The zero-order valence-corrected chi connectivity index (χ0v) is 18.6. The van der Waals surface area contributed by atoms with E-state index in [1.165, 1.54) is 0 Å². The Morgan fingerprint density at radius 3 is 2.52 bits per heavy atom. The van der Waals surface area contributed by atoms with Crippen LogP contribution in [0, 0.1) is 0 Å². The fourth-order valence-electron chi connectivity index (χ4n) is 3.60. The van der Waals surface area contributed by atoms with Crippen molar-refractivity contribution in [3.8, 4) is 0 Å². The van der Waals surface area contributed by atoms with Gasteiger partial charge >= 0.3 is 6.09 Å². The number of hydrogen-bond acceptors (Lipinski definition) is 3. The SMILES string of the molecule is O=C(NC(Cc1c[nH]c2ccccc12)C(=O)NCc1cccc(Cl)c1)OCc1ccccc1. The van der Waals surface area contributed by atoms with Crippen LogP contribution in [0.5, 0.6) is 0 Å². The molecule has 0 aliphatic rings. The van der Waals surface area contributed by atoms with Crippen molar-refractivity contribution >= 4 is 34.5 Å². The van der Waals surface area contributed by atoms with E-state index in [1.54, 1.807) is 12.1 Å². The highest BCUT2D eigenvalue weighted by Crippen LogP contribution is 2.19. The second-order valence-corrected chi connectivity index (χ2v) is 8.11. The van der Waals surface area contributed by atoms with Gasteiger partial charge in [-0.25, -0.2) is 4.79 Å². The third-order valence-electron chi connectivity index (χ3n) is 5.28. The first-order valence-corrected chi connectivity index (χ1v) is 11.0. The van der Waals surface area contributed by atoms with Crippen LogP contribution >= 0.6 is 11.6 Å². The van der Waals surface area contributed by atoms with Crippen LogP contribution in [0.25, 0.3) is 10.9 Å². The molecule has 1 heterocycles. The molecule has 2 amide bonds. The molecule has 4 rings (SSSR count). The minimum Gasteiger partial charge on any atom is -0.445 e. The molecule has 0 spiro atoms. The number of carbonyl (C=O) groups excluding carboxylic acids is 2. The molecular formula is C26H24ClN3O3. The van der Waals surface area contributed by atoms with Gasteiger partial charge in [-0.15, -0.1) is 0 Å². The van der Waals surface area contributed by atoms with Gasteiger partial charge in [0, 0.05) is 35.1 Å². The molecule has 1 aromatic heterocycles. The highest BCUT2D eigenvalue weighted by atomic mass is 35.5. The maximum atomic E-state index is 13.0. The van der Waals surface area contributed by atoms with Gasteiger partial charge in [0.05, 0.1) is 0 Å². The second kappa shape index (κ2) is 10.7. The van der Waals surface area contributed by atoms with Gasteiger partial charge in [0.15, 0.2) is 0 Å². The average Bonchev–Trinajstić information content (AvgIpc) is 3.24. The summed E-state index contributed by atoms with van der Waals surface area (Å²) in [6, 6.07) is 23.7. The van der Waals surface area contributed by atoms with Gasteiger partial charge in [0.1, 0.15) is 12.6 Å². The molecule has 3 aromatic carbocycles. The number of para-hydroxylation sites is 1. The molecule has 4 aromatic rings. The number of amides is 2. The smallest absolute Gasteiger partial charge is 0.408 e. The van der Waals surface area contributed by atoms with Crippen LogP contribution in [0.15, 0.2) is 85.1 Å². The van der Waals surface area contributed by atoms with Crippen LogP contribution in [-0.4, -0.2) is 23.0 Å². The van der Waals surface area contributed by atoms with Gasteiger partial charge in [-0.1, -0.05) is 72.3 Å². The van der Waals surface area contributed by atoms with Crippen LogP contribution < -0.4 is 10.6 Å². The molecule has 0 bridgehead atoms. The maximum absolute atomic E-state index is 13.0. The minimum absolute atomic E-state index is 0.122. The van der Waals surface area contributed by atoms with E-state index in [4.69, 9.17) is 16.3 Å². The van der Waals surface area contributed by atoms with E-state index in [0.29, 0.717) is 18.0 Å². The third-order valence-corrected chi connectivity index (χ3v) is 5.51. The van der Waals surface area contributed by atoms with Crippen LogP contribution in [0.4, 0.5) is 4.79 Å². The van der Waals surface area contributed by atoms with E-state index >= 15 is 0 Å². The molecule has 0 fully saturated rings. The van der Waals surface area contributed by atoms with Gasteiger partial charge in [-0.05, 0) is 34.9 Å². The number of nitrogens with one attached hydrogen (secondary N) is 3. The lowest BCUT2D eigenvalue weighted by molar-refractivity contribution is -0.123. The summed E-state index contributed by atoms with van der Waals surface area (Å²) in [5, 5.41) is 7.21. The van der Waals surface area contributed by atoms with Crippen molar-refractivity contribution in [1.82, 2.24) is 15.6 Å². The third kappa shape index (κ3) is 6.14. The zero-order chi connectivity index (χ0) is 23.0. The van der Waals surface area contributed by atoms with Crippen molar-refractivity contribution in [1.29, 1.82) is 0 Å². The van der Waals surface area contributed by atoms with Crippen molar-refractivity contribution in [2.24, 2.45) is 0 Å². The normalized spacial score (nSPS) is 11.7. The van der Waals surface area contributed by atoms with Crippen LogP contribution in [0.2, 0.25) is 5.02 Å². The zero-order valence-electron chi connectivity index (χ0n) is 17.9. The fourth-order valence-corrected chi connectivity index (χ4v) is 3.81. The molecule has 0 saturated carbocycles. The Kier molecular flexibility index (Phi) is 7.27. The Morgan fingerprint density at radius 2 is 1.70 bits per heavy atom. The summed E-state index contributed by atoms with van der Waals surface area (Å²) in [5.41, 5.74) is 3.63. The number of ether oxygens (including phenoxy) is 1. The Morgan fingerprint density at radius 1 is 0.939 bits per heavy atom. The second-order valence-electron chi connectivity index (χ2n) is 7.67. The van der Waals surface area contributed by atoms with Crippen LogP contribution in [0.3, 0.4) is 0 Å². The fraction of sp³-hybridized carbons (Fsp3) is 0.154. The number of halogens is 1. The number of hydrogen-bond donors (Lipinski definition) is 3. The van der Waals surface area contributed by atoms with E-state index in [-0.39, 0.29) is 12.5 Å². The van der Waals surface area contributed by atoms with Gasteiger partial charge in [0.2, 0.25) is 5.91 Å². The van der Waals surface area contributed by atoms with E-state index in [9.17, 15) is 9.59 Å². The monoisotopic (exact) mass is 461 g/mol. The van der Waals surface area contributed by atoms with E-state index in [0.717, 1.165) is 27.6 Å². The summed E-state index contributed by atoms with van der Waals surface area (Å²) in [5.74, 6) is -0.308. The molecule has 1 unspecified atom stereocenters. The summed E-state index contributed by atoms with van der Waals surface area (Å²) in [6.07, 6.45) is 1.52. The van der Waals surface area contributed by atoms with E-state index in [2.05, 4.69) is 15.6 Å². The first-order valence-electron chi connectivity index (χ1n) is 10.6. The molecule has 7 heteroatoms. The number of alkyl carbamates (subject to hydrolysis) is 1. The van der Waals surface area contributed by atoms with Crippen LogP contribution in [0.1, 0.15) is 16.7 Å². The molecule has 168 valence electrons. The molecule has 0 aliphatic heterocycles. The standard InChI is InChI=1S/C26H24ClN3O3/c27-21-10-6-9-19(13-21)15-29-25(31)24(14-20-16-28-23-12-5-4-11-22(20)23)30-26(32)33-17-18-7-2-1-3-8-18/h1-13,16,24,28H,14-15,17H2,(H,29,31)(H,30,32). The van der Waals surface area contributed by atoms with Crippen molar-refractivity contribution in [2.75, 3.05) is 0 Å². The number of H-pyrrole nitrogens is 1. The summed E-state index contributed by atoms with van der Waals surface area (Å²) in [4.78, 5) is 28.8. The molecule has 33 heavy (non-hydrogen) atoms. The predicted molar refractivity (Wildman–Crippen MR) is 129 cm³/mol. The van der Waals surface area contributed by atoms with Crippen molar-refractivity contribution in [3.05, 3.63) is 107 Å². The highest BCUT2D eigenvalue weighted by Gasteiger charge is 2.23. The number of fused-ring (bicyclic) bond motifs is 1. The Hall–Kier alpha value is -3.77. The predicted octanol–water partition coefficient (Wildman–Crippen LogP) is 4.98. The van der Waals surface area contributed by atoms with Crippen molar-refractivity contribution in [3.63, 3.8) is 0 Å². The van der Waals surface area contributed by atoms with Crippen molar-refractivity contribution < 1.29 is 14.3 Å². The Labute approximate surface area is 196 Å². The highest BCUT2D eigenvalue weighted by molar-refractivity contribution is 6.30.